The Balaban J connectivity index is 1.76. The minimum absolute atomic E-state index is 0.0641. The maximum Gasteiger partial charge on any atom is 0.278 e. The lowest BCUT2D eigenvalue weighted by Crippen LogP contribution is -2.43. The van der Waals surface area contributed by atoms with Gasteiger partial charge in [0.25, 0.3) is 5.56 Å². The number of carbonyl (C=O) groups is 1. The molecule has 0 N–H and O–H groups in total. The molecule has 8 heteroatoms. The van der Waals surface area contributed by atoms with Crippen LogP contribution in [0.25, 0.3) is 21.9 Å². The molecule has 1 aromatic carbocycles. The highest BCUT2D eigenvalue weighted by Gasteiger charge is 2.24. The van der Waals surface area contributed by atoms with E-state index in [4.69, 9.17) is 9.72 Å². The molecule has 166 valence electrons. The number of carbonyl (C=O) groups excluding carboxylic acids is 1. The number of hydrogen-bond donors (Lipinski definition) is 0. The van der Waals surface area contributed by atoms with E-state index in [-0.39, 0.29) is 17.5 Å². The molecule has 1 saturated heterocycles. The van der Waals surface area contributed by atoms with Gasteiger partial charge in [0, 0.05) is 31.6 Å². The van der Waals surface area contributed by atoms with Gasteiger partial charge in [-0.25, -0.2) is 4.98 Å². The molecule has 3 heterocycles. The first-order valence-electron chi connectivity index (χ1n) is 11.0. The van der Waals surface area contributed by atoms with Gasteiger partial charge in [-0.2, -0.15) is 0 Å². The fourth-order valence-corrected chi connectivity index (χ4v) is 5.37. The molecule has 0 unspecified atom stereocenters. The van der Waals surface area contributed by atoms with E-state index in [2.05, 4.69) is 6.92 Å². The summed E-state index contributed by atoms with van der Waals surface area (Å²) in [6.07, 6.45) is 4.11. The fraction of sp³-hybridized carbons (Fsp3) is 0.522. The highest BCUT2D eigenvalue weighted by atomic mass is 32.2. The van der Waals surface area contributed by atoms with Crippen molar-refractivity contribution in [3.63, 3.8) is 0 Å². The molecule has 0 radical (unpaired) electrons. The van der Waals surface area contributed by atoms with Crippen LogP contribution in [0.1, 0.15) is 39.5 Å². The number of likely N-dealkylation sites (tertiary alicyclic amines) is 1. The molecule has 31 heavy (non-hydrogen) atoms. The summed E-state index contributed by atoms with van der Waals surface area (Å²) in [7, 11) is 3.52. The van der Waals surface area contributed by atoms with Crippen LogP contribution in [-0.2, 0) is 18.4 Å². The molecule has 1 atom stereocenters. The van der Waals surface area contributed by atoms with Gasteiger partial charge in [-0.15, -0.1) is 0 Å². The van der Waals surface area contributed by atoms with Crippen molar-refractivity contribution in [1.82, 2.24) is 19.0 Å². The molecule has 1 fully saturated rings. The van der Waals surface area contributed by atoms with Gasteiger partial charge in [-0.1, -0.05) is 18.7 Å². The van der Waals surface area contributed by atoms with E-state index in [0.29, 0.717) is 28.5 Å². The van der Waals surface area contributed by atoms with Gasteiger partial charge in [-0.3, -0.25) is 14.2 Å². The number of fused-ring (bicyclic) bond motifs is 3. The summed E-state index contributed by atoms with van der Waals surface area (Å²) in [5.41, 5.74) is 2.11. The molecule has 7 nitrogen and oxygen atoms in total. The van der Waals surface area contributed by atoms with E-state index in [1.807, 2.05) is 41.6 Å². The second kappa shape index (κ2) is 8.94. The van der Waals surface area contributed by atoms with Crippen molar-refractivity contribution in [3.8, 4) is 5.75 Å². The van der Waals surface area contributed by atoms with Gasteiger partial charge < -0.3 is 14.2 Å². The number of nitrogens with zero attached hydrogens (tertiary/aromatic N) is 4. The molecule has 0 aliphatic carbocycles. The Labute approximate surface area is 186 Å². The van der Waals surface area contributed by atoms with Crippen LogP contribution in [0.5, 0.6) is 5.75 Å². The van der Waals surface area contributed by atoms with Crippen LogP contribution in [0.3, 0.4) is 0 Å². The third-order valence-corrected chi connectivity index (χ3v) is 7.12. The lowest BCUT2D eigenvalue weighted by atomic mass is 10.0. The Kier molecular flexibility index (Phi) is 6.27. The zero-order valence-corrected chi connectivity index (χ0v) is 19.5. The Bertz CT molecular complexity index is 1180. The normalized spacial score (nSPS) is 16.9. The molecule has 1 aliphatic heterocycles. The smallest absolute Gasteiger partial charge is 0.278 e. The number of thioether (sulfide) groups is 1. The summed E-state index contributed by atoms with van der Waals surface area (Å²) in [6, 6.07) is 6.04. The standard InChI is InChI=1S/C23H30N4O3S/c1-5-11-27-22(29)21-20(17-13-16(30-4)9-10-18(17)25(21)3)24-23(27)31-14-19(28)26-12-7-6-8-15(26)2/h9-10,13,15H,5-8,11-12,14H2,1-4H3/t15-/m1/s1. The van der Waals surface area contributed by atoms with Gasteiger partial charge in [0.15, 0.2) is 5.16 Å². The molecule has 0 spiro atoms. The van der Waals surface area contributed by atoms with Crippen LogP contribution in [0, 0.1) is 0 Å². The van der Waals surface area contributed by atoms with Gasteiger partial charge in [0.2, 0.25) is 5.91 Å². The number of aryl methyl sites for hydroxylation is 1. The number of methoxy groups -OCH3 is 1. The quantitative estimate of drug-likeness (QED) is 0.429. The van der Waals surface area contributed by atoms with E-state index in [0.717, 1.165) is 42.5 Å². The molecule has 3 aromatic rings. The second-order valence-electron chi connectivity index (χ2n) is 8.21. The van der Waals surface area contributed by atoms with Crippen LogP contribution in [0.4, 0.5) is 0 Å². The largest absolute Gasteiger partial charge is 0.497 e. The number of ether oxygens (including phenoxy) is 1. The monoisotopic (exact) mass is 442 g/mol. The molecule has 4 rings (SSSR count). The van der Waals surface area contributed by atoms with Gasteiger partial charge in [0.1, 0.15) is 16.8 Å². The summed E-state index contributed by atoms with van der Waals surface area (Å²) >= 11 is 1.37. The average Bonchev–Trinajstić information content (AvgIpc) is 3.06. The molecule has 0 bridgehead atoms. The number of benzene rings is 1. The zero-order chi connectivity index (χ0) is 22.1. The molecule has 1 amide bonds. The summed E-state index contributed by atoms with van der Waals surface area (Å²) in [5, 5.41) is 1.49. The van der Waals surface area contributed by atoms with Crippen LogP contribution in [-0.4, -0.2) is 50.4 Å². The topological polar surface area (TPSA) is 69.4 Å². The molecule has 2 aromatic heterocycles. The maximum absolute atomic E-state index is 13.4. The molecular weight excluding hydrogens is 412 g/mol. The number of piperidine rings is 1. The van der Waals surface area contributed by atoms with Crippen molar-refractivity contribution in [2.24, 2.45) is 7.05 Å². The first-order chi connectivity index (χ1) is 15.0. The van der Waals surface area contributed by atoms with Crippen molar-refractivity contribution in [2.75, 3.05) is 19.4 Å². The molecule has 0 saturated carbocycles. The lowest BCUT2D eigenvalue weighted by molar-refractivity contribution is -0.131. The highest BCUT2D eigenvalue weighted by Crippen LogP contribution is 2.30. The first-order valence-corrected chi connectivity index (χ1v) is 11.9. The second-order valence-corrected chi connectivity index (χ2v) is 9.15. The number of aromatic nitrogens is 3. The van der Waals surface area contributed by atoms with Crippen molar-refractivity contribution >= 4 is 39.6 Å². The third-order valence-electron chi connectivity index (χ3n) is 6.16. The Morgan fingerprint density at radius 3 is 2.84 bits per heavy atom. The number of hydrogen-bond acceptors (Lipinski definition) is 5. The lowest BCUT2D eigenvalue weighted by Gasteiger charge is -2.33. The zero-order valence-electron chi connectivity index (χ0n) is 18.7. The van der Waals surface area contributed by atoms with Crippen LogP contribution in [0.15, 0.2) is 28.2 Å². The van der Waals surface area contributed by atoms with Crippen molar-refractivity contribution < 1.29 is 9.53 Å². The summed E-state index contributed by atoms with van der Waals surface area (Å²) in [4.78, 5) is 33.2. The Hall–Kier alpha value is -2.48. The highest BCUT2D eigenvalue weighted by molar-refractivity contribution is 7.99. The predicted molar refractivity (Wildman–Crippen MR) is 125 cm³/mol. The van der Waals surface area contributed by atoms with Crippen molar-refractivity contribution in [2.45, 2.75) is 57.3 Å². The SMILES string of the molecule is CCCn1c(SCC(=O)N2CCCC[C@H]2C)nc2c3cc(OC)ccc3n(C)c2c1=O. The van der Waals surface area contributed by atoms with E-state index < -0.39 is 0 Å². The van der Waals surface area contributed by atoms with Gasteiger partial charge >= 0.3 is 0 Å². The Morgan fingerprint density at radius 2 is 2.13 bits per heavy atom. The van der Waals surface area contributed by atoms with Crippen molar-refractivity contribution in [1.29, 1.82) is 0 Å². The summed E-state index contributed by atoms with van der Waals surface area (Å²) in [5.74, 6) is 1.14. The van der Waals surface area contributed by atoms with Gasteiger partial charge in [0.05, 0.1) is 18.4 Å². The van der Waals surface area contributed by atoms with Crippen LogP contribution >= 0.6 is 11.8 Å². The fourth-order valence-electron chi connectivity index (χ4n) is 4.47. The summed E-state index contributed by atoms with van der Waals surface area (Å²) in [6.45, 7) is 5.54. The number of rotatable bonds is 6. The number of amides is 1. The van der Waals surface area contributed by atoms with Crippen LogP contribution in [0.2, 0.25) is 0 Å². The van der Waals surface area contributed by atoms with E-state index >= 15 is 0 Å². The first kappa shape index (κ1) is 21.7. The summed E-state index contributed by atoms with van der Waals surface area (Å²) < 4.78 is 9.01. The van der Waals surface area contributed by atoms with Crippen molar-refractivity contribution in [3.05, 3.63) is 28.6 Å². The predicted octanol–water partition coefficient (Wildman–Crippen LogP) is 3.80. The maximum atomic E-state index is 13.4. The third kappa shape index (κ3) is 3.93. The van der Waals surface area contributed by atoms with E-state index in [1.54, 1.807) is 11.7 Å². The Morgan fingerprint density at radius 1 is 1.32 bits per heavy atom. The van der Waals surface area contributed by atoms with E-state index in [9.17, 15) is 9.59 Å². The van der Waals surface area contributed by atoms with E-state index in [1.165, 1.54) is 18.2 Å². The molecule has 1 aliphatic rings. The van der Waals surface area contributed by atoms with Gasteiger partial charge in [-0.05, 0) is 50.8 Å². The minimum atomic E-state index is -0.0641. The molecular formula is C23H30N4O3S. The average molecular weight is 443 g/mol. The van der Waals surface area contributed by atoms with Crippen LogP contribution < -0.4 is 10.3 Å². The minimum Gasteiger partial charge on any atom is -0.497 e.